The number of carboxylic acids is 3. The Hall–Kier alpha value is -7.09. The highest BCUT2D eigenvalue weighted by atomic mass is 32.1. The standard InChI is InChI=1S/C47H56N6O13S/c1-27(54)48-34(25-37(57)58)44(62)52-39(31-20-12-5-13-21-31)45(63)53-40(38(29-16-8-3-9-17-29)30-18-10-4-11-19-30)46(64)49-32(22-23-36(55)56)42(60)50-33(24-28-14-6-2-7-15-28)43(61)51-35(26-67)41(59)47(65)66/h3-5,8-13,16-21,28,32-35,38-40,67H,2,6-7,14-15,22-26H2,1H3,(H,48,54)(H,49,64)(H,50,60)(H,51,61)(H,52,62)(H,53,63)(H,55,56)(H,57,58)(H,65,66)/t32-,33-,34-,35-,39+,40-/m0/s1. The summed E-state index contributed by atoms with van der Waals surface area (Å²) in [6.07, 6.45) is 2.19. The number of hydrogen-bond acceptors (Lipinski definition) is 11. The minimum absolute atomic E-state index is 0.0608. The molecule has 3 aromatic rings. The number of amides is 6. The Morgan fingerprint density at radius 3 is 1.54 bits per heavy atom. The molecule has 358 valence electrons. The van der Waals surface area contributed by atoms with Crippen LogP contribution in [-0.4, -0.2) is 110 Å². The van der Waals surface area contributed by atoms with Gasteiger partial charge in [0.05, 0.1) is 6.42 Å². The molecule has 0 aromatic heterocycles. The fourth-order valence-corrected chi connectivity index (χ4v) is 8.18. The number of thiol groups is 1. The first-order valence-electron chi connectivity index (χ1n) is 21.7. The Kier molecular flexibility index (Phi) is 20.5. The molecular weight excluding hydrogens is 889 g/mol. The van der Waals surface area contributed by atoms with E-state index >= 15 is 0 Å². The summed E-state index contributed by atoms with van der Waals surface area (Å²) in [4.78, 5) is 131. The van der Waals surface area contributed by atoms with Gasteiger partial charge in [-0.15, -0.1) is 0 Å². The number of carbonyl (C=O) groups is 10. The van der Waals surface area contributed by atoms with Gasteiger partial charge in [0, 0.05) is 25.0 Å². The number of rotatable bonds is 25. The van der Waals surface area contributed by atoms with Crippen LogP contribution in [0.5, 0.6) is 0 Å². The van der Waals surface area contributed by atoms with Crippen molar-refractivity contribution in [3.63, 3.8) is 0 Å². The Labute approximate surface area is 392 Å². The molecule has 0 radical (unpaired) electrons. The van der Waals surface area contributed by atoms with Crippen molar-refractivity contribution in [1.29, 1.82) is 0 Å². The number of Topliss-reactive ketones (excluding diaryl/α,β-unsaturated/α-hetero) is 1. The molecule has 0 spiro atoms. The van der Waals surface area contributed by atoms with Crippen LogP contribution in [0, 0.1) is 5.92 Å². The van der Waals surface area contributed by atoms with Gasteiger partial charge in [0.25, 0.3) is 5.78 Å². The van der Waals surface area contributed by atoms with Gasteiger partial charge in [0.15, 0.2) is 0 Å². The van der Waals surface area contributed by atoms with Crippen molar-refractivity contribution >= 4 is 71.8 Å². The average Bonchev–Trinajstić information content (AvgIpc) is 3.31. The molecule has 20 heteroatoms. The van der Waals surface area contributed by atoms with Crippen molar-refractivity contribution in [1.82, 2.24) is 31.9 Å². The highest BCUT2D eigenvalue weighted by Crippen LogP contribution is 2.30. The molecule has 1 aliphatic rings. The van der Waals surface area contributed by atoms with Crippen LogP contribution in [0.4, 0.5) is 0 Å². The van der Waals surface area contributed by atoms with Crippen LogP contribution in [0.15, 0.2) is 91.0 Å². The summed E-state index contributed by atoms with van der Waals surface area (Å²) < 4.78 is 0. The maximum Gasteiger partial charge on any atom is 0.374 e. The molecule has 67 heavy (non-hydrogen) atoms. The minimum atomic E-state index is -1.81. The average molecular weight is 945 g/mol. The van der Waals surface area contributed by atoms with E-state index in [0.29, 0.717) is 24.0 Å². The second-order valence-corrected chi connectivity index (χ2v) is 16.6. The Morgan fingerprint density at radius 1 is 0.552 bits per heavy atom. The number of carboxylic acid groups (broad SMARTS) is 3. The summed E-state index contributed by atoms with van der Waals surface area (Å²) in [5.74, 6) is -12.9. The van der Waals surface area contributed by atoms with Crippen molar-refractivity contribution in [3.05, 3.63) is 108 Å². The molecule has 1 fully saturated rings. The second kappa shape index (κ2) is 26.2. The third-order valence-corrected chi connectivity index (χ3v) is 11.6. The minimum Gasteiger partial charge on any atom is -0.481 e. The molecular formula is C47H56N6O13S. The molecule has 0 unspecified atom stereocenters. The predicted octanol–water partition coefficient (Wildman–Crippen LogP) is 2.01. The molecule has 19 nitrogen and oxygen atoms in total. The van der Waals surface area contributed by atoms with Gasteiger partial charge in [-0.05, 0) is 35.4 Å². The number of ketones is 1. The van der Waals surface area contributed by atoms with Crippen molar-refractivity contribution in [2.75, 3.05) is 5.75 Å². The van der Waals surface area contributed by atoms with Crippen LogP contribution < -0.4 is 31.9 Å². The summed E-state index contributed by atoms with van der Waals surface area (Å²) in [6.45, 7) is 1.08. The van der Waals surface area contributed by atoms with E-state index in [4.69, 9.17) is 0 Å². The molecule has 1 aliphatic carbocycles. The zero-order valence-corrected chi connectivity index (χ0v) is 37.6. The first-order valence-corrected chi connectivity index (χ1v) is 22.4. The van der Waals surface area contributed by atoms with E-state index in [-0.39, 0.29) is 23.7 Å². The molecule has 6 atom stereocenters. The summed E-state index contributed by atoms with van der Waals surface area (Å²) in [5.41, 5.74) is 1.21. The lowest BCUT2D eigenvalue weighted by molar-refractivity contribution is -0.150. The van der Waals surface area contributed by atoms with Gasteiger partial charge in [-0.1, -0.05) is 123 Å². The first kappa shape index (κ1) is 52.5. The molecule has 0 aliphatic heterocycles. The summed E-state index contributed by atoms with van der Waals surface area (Å²) in [7, 11) is 0. The zero-order chi connectivity index (χ0) is 49.0. The van der Waals surface area contributed by atoms with E-state index in [1.54, 1.807) is 78.9 Å². The molecule has 9 N–H and O–H groups in total. The lowest BCUT2D eigenvalue weighted by atomic mass is 9.84. The Balaban J connectivity index is 1.78. The molecule has 0 bridgehead atoms. The van der Waals surface area contributed by atoms with Gasteiger partial charge in [0.2, 0.25) is 35.4 Å². The maximum atomic E-state index is 15.0. The third kappa shape index (κ3) is 16.4. The molecule has 3 aromatic carbocycles. The number of aliphatic carboxylic acids is 3. The van der Waals surface area contributed by atoms with Crippen molar-refractivity contribution < 1.29 is 63.3 Å². The third-order valence-electron chi connectivity index (χ3n) is 11.2. The highest BCUT2D eigenvalue weighted by Gasteiger charge is 2.39. The monoisotopic (exact) mass is 944 g/mol. The number of carbonyl (C=O) groups excluding carboxylic acids is 7. The maximum absolute atomic E-state index is 15.0. The van der Waals surface area contributed by atoms with Gasteiger partial charge >= 0.3 is 17.9 Å². The number of benzene rings is 3. The van der Waals surface area contributed by atoms with E-state index in [9.17, 15) is 63.3 Å². The second-order valence-electron chi connectivity index (χ2n) is 16.2. The molecule has 6 amide bonds. The molecule has 1 saturated carbocycles. The fourth-order valence-electron chi connectivity index (χ4n) is 7.93. The van der Waals surface area contributed by atoms with Crippen LogP contribution in [0.25, 0.3) is 0 Å². The SMILES string of the molecule is CC(=O)N[C@@H](CC(=O)O)C(=O)N[C@@H](C(=O)N[C@H](C(=O)N[C@@H](CCC(=O)O)C(=O)N[C@@H](CC1CCCCC1)C(=O)N[C@@H](CS)C(=O)C(=O)O)C(c1ccccc1)c1ccccc1)c1ccccc1. The van der Waals surface area contributed by atoms with Gasteiger partial charge < -0.3 is 47.2 Å². The number of nitrogens with one attached hydrogen (secondary N) is 6. The molecule has 0 heterocycles. The van der Waals surface area contributed by atoms with Crippen LogP contribution in [0.3, 0.4) is 0 Å². The summed E-state index contributed by atoms with van der Waals surface area (Å²) in [6, 6.07) is 15.4. The van der Waals surface area contributed by atoms with Crippen molar-refractivity contribution in [2.45, 2.75) is 107 Å². The van der Waals surface area contributed by atoms with Crippen LogP contribution in [0.1, 0.15) is 93.4 Å². The van der Waals surface area contributed by atoms with Crippen LogP contribution in [-0.2, 0) is 47.9 Å². The lowest BCUT2D eigenvalue weighted by Crippen LogP contribution is -2.60. The van der Waals surface area contributed by atoms with Crippen molar-refractivity contribution in [2.24, 2.45) is 5.92 Å². The Morgan fingerprint density at radius 2 is 1.04 bits per heavy atom. The van der Waals surface area contributed by atoms with Crippen LogP contribution >= 0.6 is 12.6 Å². The van der Waals surface area contributed by atoms with E-state index in [2.05, 4.69) is 44.5 Å². The van der Waals surface area contributed by atoms with Gasteiger partial charge in [-0.2, -0.15) is 12.6 Å². The molecule has 4 rings (SSSR count). The van der Waals surface area contributed by atoms with Crippen LogP contribution in [0.2, 0.25) is 0 Å². The first-order chi connectivity index (χ1) is 32.0. The summed E-state index contributed by atoms with van der Waals surface area (Å²) in [5, 5.41) is 43.7. The van der Waals surface area contributed by atoms with E-state index in [1.165, 1.54) is 12.1 Å². The van der Waals surface area contributed by atoms with Gasteiger partial charge in [-0.3, -0.25) is 43.2 Å². The topological polar surface area (TPSA) is 304 Å². The van der Waals surface area contributed by atoms with E-state index in [1.807, 2.05) is 0 Å². The van der Waals surface area contributed by atoms with Gasteiger partial charge in [0.1, 0.15) is 36.3 Å². The van der Waals surface area contributed by atoms with E-state index in [0.717, 1.165) is 26.2 Å². The molecule has 0 saturated heterocycles. The fraction of sp³-hybridized carbons (Fsp3) is 0.404. The normalized spacial score (nSPS) is 15.2. The van der Waals surface area contributed by atoms with Crippen molar-refractivity contribution in [3.8, 4) is 0 Å². The van der Waals surface area contributed by atoms with E-state index < -0.39 is 121 Å². The smallest absolute Gasteiger partial charge is 0.374 e. The van der Waals surface area contributed by atoms with Gasteiger partial charge in [-0.25, -0.2) is 4.79 Å². The Bertz CT molecular complexity index is 2170. The lowest BCUT2D eigenvalue weighted by Gasteiger charge is -2.32. The number of hydrogen-bond donors (Lipinski definition) is 10. The predicted molar refractivity (Wildman–Crippen MR) is 244 cm³/mol. The quantitative estimate of drug-likeness (QED) is 0.0430. The zero-order valence-electron chi connectivity index (χ0n) is 36.7. The highest BCUT2D eigenvalue weighted by molar-refractivity contribution is 7.80. The largest absolute Gasteiger partial charge is 0.481 e. The summed E-state index contributed by atoms with van der Waals surface area (Å²) >= 11 is 4.03.